The van der Waals surface area contributed by atoms with Crippen molar-refractivity contribution in [2.75, 3.05) is 13.6 Å². The minimum absolute atomic E-state index is 0.130. The van der Waals surface area contributed by atoms with Gasteiger partial charge in [-0.15, -0.1) is 0 Å². The van der Waals surface area contributed by atoms with E-state index in [2.05, 4.69) is 6.92 Å². The van der Waals surface area contributed by atoms with Crippen LogP contribution in [0.2, 0.25) is 0 Å². The van der Waals surface area contributed by atoms with Gasteiger partial charge in [0.1, 0.15) is 12.6 Å². The summed E-state index contributed by atoms with van der Waals surface area (Å²) in [5.74, 6) is -0.636. The molecule has 0 spiro atoms. The van der Waals surface area contributed by atoms with Gasteiger partial charge in [0.25, 0.3) is 5.91 Å². The molecule has 1 saturated carbocycles. The molecule has 5 heteroatoms. The second-order valence-corrected chi connectivity index (χ2v) is 5.26. The predicted molar refractivity (Wildman–Crippen MR) is 67.2 cm³/mol. The molecule has 0 aromatic heterocycles. The van der Waals surface area contributed by atoms with Crippen molar-refractivity contribution in [2.24, 2.45) is 5.92 Å². The van der Waals surface area contributed by atoms with E-state index in [-0.39, 0.29) is 18.6 Å². The van der Waals surface area contributed by atoms with Gasteiger partial charge in [-0.25, -0.2) is 0 Å². The number of hydrogen-bond donors (Lipinski definition) is 1. The predicted octanol–water partition coefficient (Wildman–Crippen LogP) is 1.51. The fourth-order valence-electron chi connectivity index (χ4n) is 2.44. The first kappa shape index (κ1) is 15.0. The molecule has 3 atom stereocenters. The number of aliphatic carboxylic acids is 1. The van der Waals surface area contributed by atoms with Crippen molar-refractivity contribution in [3.05, 3.63) is 0 Å². The average molecular weight is 257 g/mol. The summed E-state index contributed by atoms with van der Waals surface area (Å²) < 4.78 is 5.74. The zero-order valence-electron chi connectivity index (χ0n) is 11.4. The van der Waals surface area contributed by atoms with Crippen LogP contribution in [0, 0.1) is 5.92 Å². The number of rotatable bonds is 5. The van der Waals surface area contributed by atoms with E-state index in [0.29, 0.717) is 5.92 Å². The van der Waals surface area contributed by atoms with Crippen LogP contribution >= 0.6 is 0 Å². The summed E-state index contributed by atoms with van der Waals surface area (Å²) >= 11 is 0. The van der Waals surface area contributed by atoms with Crippen molar-refractivity contribution in [2.45, 2.75) is 51.7 Å². The highest BCUT2D eigenvalue weighted by atomic mass is 16.5. The van der Waals surface area contributed by atoms with Crippen LogP contribution in [0.15, 0.2) is 0 Å². The number of likely N-dealkylation sites (N-methyl/N-ethyl adjacent to an activating group) is 1. The van der Waals surface area contributed by atoms with Gasteiger partial charge in [0.15, 0.2) is 0 Å². The normalized spacial score (nSPS) is 25.5. The van der Waals surface area contributed by atoms with Gasteiger partial charge in [0, 0.05) is 7.05 Å². The smallest absolute Gasteiger partial charge is 0.323 e. The second kappa shape index (κ2) is 6.73. The van der Waals surface area contributed by atoms with E-state index in [1.165, 1.54) is 18.4 Å². The zero-order chi connectivity index (χ0) is 13.7. The standard InChI is InChI=1S/C13H23NO4/c1-9-5-4-6-11(7-9)18-10(2)13(17)14(3)8-12(15)16/h9-11H,4-8H2,1-3H3,(H,15,16)/t9-,10-,11-/m1/s1. The fraction of sp³-hybridized carbons (Fsp3) is 0.846. The first-order valence-electron chi connectivity index (χ1n) is 6.52. The highest BCUT2D eigenvalue weighted by Crippen LogP contribution is 2.26. The van der Waals surface area contributed by atoms with Crippen molar-refractivity contribution in [1.29, 1.82) is 0 Å². The molecule has 0 aromatic rings. The molecule has 0 saturated heterocycles. The highest BCUT2D eigenvalue weighted by Gasteiger charge is 2.26. The number of ether oxygens (including phenoxy) is 1. The lowest BCUT2D eigenvalue weighted by Crippen LogP contribution is -2.41. The van der Waals surface area contributed by atoms with Crippen molar-refractivity contribution in [1.82, 2.24) is 4.90 Å². The Labute approximate surface area is 108 Å². The largest absolute Gasteiger partial charge is 0.480 e. The van der Waals surface area contributed by atoms with Crippen molar-refractivity contribution >= 4 is 11.9 Å². The van der Waals surface area contributed by atoms with Gasteiger partial charge < -0.3 is 14.7 Å². The number of carbonyl (C=O) groups is 2. The molecule has 0 heterocycles. The van der Waals surface area contributed by atoms with Gasteiger partial charge in [-0.3, -0.25) is 9.59 Å². The molecule has 1 aliphatic carbocycles. The Morgan fingerprint density at radius 1 is 1.44 bits per heavy atom. The van der Waals surface area contributed by atoms with E-state index in [1.54, 1.807) is 6.92 Å². The van der Waals surface area contributed by atoms with E-state index in [9.17, 15) is 9.59 Å². The van der Waals surface area contributed by atoms with Crippen LogP contribution in [0.1, 0.15) is 39.5 Å². The van der Waals surface area contributed by atoms with Crippen LogP contribution in [0.5, 0.6) is 0 Å². The summed E-state index contributed by atoms with van der Waals surface area (Å²) in [5.41, 5.74) is 0. The minimum atomic E-state index is -1.01. The third-order valence-electron chi connectivity index (χ3n) is 3.38. The zero-order valence-corrected chi connectivity index (χ0v) is 11.4. The summed E-state index contributed by atoms with van der Waals surface area (Å²) in [6.07, 6.45) is 3.90. The van der Waals surface area contributed by atoms with Crippen LogP contribution in [-0.2, 0) is 14.3 Å². The first-order chi connectivity index (χ1) is 8.40. The maximum Gasteiger partial charge on any atom is 0.323 e. The lowest BCUT2D eigenvalue weighted by Gasteiger charge is -2.30. The van der Waals surface area contributed by atoms with Crippen LogP contribution in [0.3, 0.4) is 0 Å². The summed E-state index contributed by atoms with van der Waals surface area (Å²) in [5, 5.41) is 8.64. The Bertz CT molecular complexity index is 305. The molecule has 0 unspecified atom stereocenters. The van der Waals surface area contributed by atoms with Gasteiger partial charge in [-0.05, 0) is 25.7 Å². The van der Waals surface area contributed by atoms with E-state index in [0.717, 1.165) is 19.3 Å². The topological polar surface area (TPSA) is 66.8 Å². The molecule has 5 nitrogen and oxygen atoms in total. The molecule has 1 N–H and O–H groups in total. The molecule has 1 amide bonds. The van der Waals surface area contributed by atoms with E-state index >= 15 is 0 Å². The summed E-state index contributed by atoms with van der Waals surface area (Å²) in [6, 6.07) is 0. The molecule has 1 fully saturated rings. The molecule has 18 heavy (non-hydrogen) atoms. The van der Waals surface area contributed by atoms with E-state index < -0.39 is 12.1 Å². The first-order valence-corrected chi connectivity index (χ1v) is 6.52. The Morgan fingerprint density at radius 2 is 2.11 bits per heavy atom. The second-order valence-electron chi connectivity index (χ2n) is 5.26. The summed E-state index contributed by atoms with van der Waals surface area (Å²) in [7, 11) is 1.49. The average Bonchev–Trinajstić information content (AvgIpc) is 2.27. The van der Waals surface area contributed by atoms with Crippen LogP contribution in [0.4, 0.5) is 0 Å². The summed E-state index contributed by atoms with van der Waals surface area (Å²) in [4.78, 5) is 23.6. The Kier molecular flexibility index (Phi) is 5.59. The Balaban J connectivity index is 2.41. The van der Waals surface area contributed by atoms with Gasteiger partial charge in [-0.1, -0.05) is 19.8 Å². The molecule has 1 rings (SSSR count). The van der Waals surface area contributed by atoms with Crippen molar-refractivity contribution in [3.8, 4) is 0 Å². The number of carbonyl (C=O) groups excluding carboxylic acids is 1. The quantitative estimate of drug-likeness (QED) is 0.810. The Morgan fingerprint density at radius 3 is 2.67 bits per heavy atom. The molecular weight excluding hydrogens is 234 g/mol. The molecular formula is C13H23NO4. The SMILES string of the molecule is C[C@@H]1CCC[C@@H](O[C@H](C)C(=O)N(C)CC(=O)O)C1. The van der Waals surface area contributed by atoms with E-state index in [4.69, 9.17) is 9.84 Å². The Hall–Kier alpha value is -1.10. The maximum absolute atomic E-state index is 11.9. The van der Waals surface area contributed by atoms with Gasteiger partial charge in [0.05, 0.1) is 6.10 Å². The lowest BCUT2D eigenvalue weighted by atomic mass is 9.88. The number of carboxylic acid groups (broad SMARTS) is 1. The number of hydrogen-bond acceptors (Lipinski definition) is 3. The van der Waals surface area contributed by atoms with Crippen LogP contribution in [0.25, 0.3) is 0 Å². The maximum atomic E-state index is 11.9. The monoisotopic (exact) mass is 257 g/mol. The lowest BCUT2D eigenvalue weighted by molar-refractivity contribution is -0.152. The van der Waals surface area contributed by atoms with Gasteiger partial charge in [-0.2, -0.15) is 0 Å². The fourth-order valence-corrected chi connectivity index (χ4v) is 2.44. The van der Waals surface area contributed by atoms with Gasteiger partial charge in [0.2, 0.25) is 0 Å². The third kappa shape index (κ3) is 4.64. The van der Waals surface area contributed by atoms with Gasteiger partial charge >= 0.3 is 5.97 Å². The summed E-state index contributed by atoms with van der Waals surface area (Å²) in [6.45, 7) is 3.60. The molecule has 0 radical (unpaired) electrons. The molecule has 0 bridgehead atoms. The van der Waals surface area contributed by atoms with Crippen molar-refractivity contribution in [3.63, 3.8) is 0 Å². The third-order valence-corrected chi connectivity index (χ3v) is 3.38. The number of amides is 1. The van der Waals surface area contributed by atoms with Crippen LogP contribution < -0.4 is 0 Å². The molecule has 1 aliphatic rings. The number of nitrogens with zero attached hydrogens (tertiary/aromatic N) is 1. The number of carboxylic acids is 1. The van der Waals surface area contributed by atoms with E-state index in [1.807, 2.05) is 0 Å². The highest BCUT2D eigenvalue weighted by molar-refractivity contribution is 5.84. The van der Waals surface area contributed by atoms with Crippen molar-refractivity contribution < 1.29 is 19.4 Å². The minimum Gasteiger partial charge on any atom is -0.480 e. The molecule has 0 aliphatic heterocycles. The molecule has 0 aromatic carbocycles. The van der Waals surface area contributed by atoms with Crippen LogP contribution in [-0.4, -0.2) is 47.7 Å². The molecule has 104 valence electrons.